The number of hydrogen-bond acceptors (Lipinski definition) is 2. The SMILES string of the molecule is CC(C)NCCN(C)Cc1cc(F)ccc1F. The van der Waals surface area contributed by atoms with Gasteiger partial charge in [-0.3, -0.25) is 0 Å². The zero-order valence-electron chi connectivity index (χ0n) is 10.6. The van der Waals surface area contributed by atoms with E-state index in [9.17, 15) is 8.78 Å². The summed E-state index contributed by atoms with van der Waals surface area (Å²) < 4.78 is 26.3. The van der Waals surface area contributed by atoms with E-state index >= 15 is 0 Å². The lowest BCUT2D eigenvalue weighted by Crippen LogP contribution is -2.32. The quantitative estimate of drug-likeness (QED) is 0.824. The van der Waals surface area contributed by atoms with Gasteiger partial charge in [-0.25, -0.2) is 8.78 Å². The number of rotatable bonds is 6. The maximum absolute atomic E-state index is 13.4. The third kappa shape index (κ3) is 5.24. The Morgan fingerprint density at radius 3 is 2.65 bits per heavy atom. The molecule has 0 aliphatic rings. The molecule has 4 heteroatoms. The fourth-order valence-electron chi connectivity index (χ4n) is 1.58. The van der Waals surface area contributed by atoms with Crippen LogP contribution in [0.25, 0.3) is 0 Å². The summed E-state index contributed by atoms with van der Waals surface area (Å²) in [5.41, 5.74) is 0.400. The van der Waals surface area contributed by atoms with Crippen LogP contribution >= 0.6 is 0 Å². The average molecular weight is 242 g/mol. The molecule has 1 rings (SSSR count). The standard InChI is InChI=1S/C13H20F2N2/c1-10(2)16-6-7-17(3)9-11-8-12(14)4-5-13(11)15/h4-5,8,10,16H,6-7,9H2,1-3H3. The molecule has 0 aliphatic heterocycles. The van der Waals surface area contributed by atoms with Crippen LogP contribution < -0.4 is 5.32 Å². The van der Waals surface area contributed by atoms with E-state index in [-0.39, 0.29) is 5.82 Å². The summed E-state index contributed by atoms with van der Waals surface area (Å²) in [7, 11) is 1.90. The maximum Gasteiger partial charge on any atom is 0.127 e. The smallest absolute Gasteiger partial charge is 0.127 e. The molecule has 0 spiro atoms. The normalized spacial score (nSPS) is 11.5. The fraction of sp³-hybridized carbons (Fsp3) is 0.538. The summed E-state index contributed by atoms with van der Waals surface area (Å²) in [6, 6.07) is 4.00. The molecule has 0 unspecified atom stereocenters. The molecule has 0 saturated heterocycles. The topological polar surface area (TPSA) is 15.3 Å². The maximum atomic E-state index is 13.4. The van der Waals surface area contributed by atoms with E-state index < -0.39 is 5.82 Å². The predicted molar refractivity (Wildman–Crippen MR) is 65.8 cm³/mol. The van der Waals surface area contributed by atoms with Gasteiger partial charge in [-0.15, -0.1) is 0 Å². The number of benzene rings is 1. The van der Waals surface area contributed by atoms with E-state index in [0.29, 0.717) is 18.2 Å². The van der Waals surface area contributed by atoms with Gasteiger partial charge in [-0.05, 0) is 25.2 Å². The molecule has 0 saturated carbocycles. The minimum atomic E-state index is -0.393. The first kappa shape index (κ1) is 14.1. The van der Waals surface area contributed by atoms with E-state index in [1.165, 1.54) is 12.1 Å². The lowest BCUT2D eigenvalue weighted by Gasteiger charge is -2.18. The second-order valence-corrected chi connectivity index (χ2v) is 4.58. The summed E-state index contributed by atoms with van der Waals surface area (Å²) in [6.07, 6.45) is 0. The van der Waals surface area contributed by atoms with Crippen LogP contribution in [0.4, 0.5) is 8.78 Å². The monoisotopic (exact) mass is 242 g/mol. The molecule has 1 aromatic rings. The molecular formula is C13H20F2N2. The molecule has 0 aliphatic carbocycles. The molecule has 0 aromatic heterocycles. The molecule has 1 N–H and O–H groups in total. The summed E-state index contributed by atoms with van der Waals surface area (Å²) in [5.74, 6) is -0.745. The van der Waals surface area contributed by atoms with Crippen molar-refractivity contribution in [1.82, 2.24) is 10.2 Å². The van der Waals surface area contributed by atoms with Crippen molar-refractivity contribution in [2.75, 3.05) is 20.1 Å². The Hall–Kier alpha value is -1.00. The Bertz CT molecular complexity index is 353. The van der Waals surface area contributed by atoms with E-state index in [0.717, 1.165) is 19.2 Å². The zero-order chi connectivity index (χ0) is 12.8. The lowest BCUT2D eigenvalue weighted by molar-refractivity contribution is 0.314. The zero-order valence-corrected chi connectivity index (χ0v) is 10.6. The predicted octanol–water partition coefficient (Wildman–Crippen LogP) is 2.39. The molecule has 0 atom stereocenters. The number of halogens is 2. The molecule has 17 heavy (non-hydrogen) atoms. The van der Waals surface area contributed by atoms with Crippen LogP contribution in [0.2, 0.25) is 0 Å². The highest BCUT2D eigenvalue weighted by Crippen LogP contribution is 2.11. The number of likely N-dealkylation sites (N-methyl/N-ethyl adjacent to an activating group) is 1. The van der Waals surface area contributed by atoms with E-state index in [2.05, 4.69) is 19.2 Å². The Morgan fingerprint density at radius 1 is 1.29 bits per heavy atom. The number of nitrogens with zero attached hydrogens (tertiary/aromatic N) is 1. The molecule has 1 aromatic carbocycles. The number of hydrogen-bond donors (Lipinski definition) is 1. The first-order valence-corrected chi connectivity index (χ1v) is 5.85. The minimum absolute atomic E-state index is 0.352. The molecule has 0 bridgehead atoms. The van der Waals surface area contributed by atoms with Crippen molar-refractivity contribution in [2.45, 2.75) is 26.4 Å². The van der Waals surface area contributed by atoms with Crippen LogP contribution in [0.1, 0.15) is 19.4 Å². The second-order valence-electron chi connectivity index (χ2n) is 4.58. The van der Waals surface area contributed by atoms with Crippen LogP contribution in [0, 0.1) is 11.6 Å². The van der Waals surface area contributed by atoms with Crippen molar-refractivity contribution >= 4 is 0 Å². The summed E-state index contributed by atoms with van der Waals surface area (Å²) in [4.78, 5) is 1.97. The summed E-state index contributed by atoms with van der Waals surface area (Å²) in [5, 5.41) is 3.28. The highest BCUT2D eigenvalue weighted by atomic mass is 19.1. The van der Waals surface area contributed by atoms with Gasteiger partial charge in [0, 0.05) is 31.2 Å². The van der Waals surface area contributed by atoms with Gasteiger partial charge < -0.3 is 10.2 Å². The molecule has 0 amide bonds. The molecule has 0 radical (unpaired) electrons. The van der Waals surface area contributed by atoms with Crippen LogP contribution in [-0.2, 0) is 6.54 Å². The summed E-state index contributed by atoms with van der Waals surface area (Å²) >= 11 is 0. The van der Waals surface area contributed by atoms with Crippen LogP contribution in [0.3, 0.4) is 0 Å². The van der Waals surface area contributed by atoms with E-state index in [1.54, 1.807) is 0 Å². The largest absolute Gasteiger partial charge is 0.313 e. The van der Waals surface area contributed by atoms with Crippen molar-refractivity contribution in [3.8, 4) is 0 Å². The third-order valence-corrected chi connectivity index (χ3v) is 2.49. The van der Waals surface area contributed by atoms with Crippen molar-refractivity contribution in [2.24, 2.45) is 0 Å². The van der Waals surface area contributed by atoms with Crippen molar-refractivity contribution in [3.05, 3.63) is 35.4 Å². The van der Waals surface area contributed by atoms with E-state index in [1.807, 2.05) is 11.9 Å². The molecular weight excluding hydrogens is 222 g/mol. The van der Waals surface area contributed by atoms with Crippen LogP contribution in [0.15, 0.2) is 18.2 Å². The van der Waals surface area contributed by atoms with Gasteiger partial charge in [0.25, 0.3) is 0 Å². The molecule has 2 nitrogen and oxygen atoms in total. The first-order chi connectivity index (χ1) is 7.99. The molecule has 0 heterocycles. The van der Waals surface area contributed by atoms with Gasteiger partial charge in [0.05, 0.1) is 0 Å². The Balaban J connectivity index is 2.44. The number of nitrogens with one attached hydrogen (secondary N) is 1. The fourth-order valence-corrected chi connectivity index (χ4v) is 1.58. The highest BCUT2D eigenvalue weighted by Gasteiger charge is 2.07. The second kappa shape index (κ2) is 6.67. The first-order valence-electron chi connectivity index (χ1n) is 5.85. The summed E-state index contributed by atoms with van der Waals surface area (Å²) in [6.45, 7) is 6.21. The van der Waals surface area contributed by atoms with Gasteiger partial charge in [0.2, 0.25) is 0 Å². The van der Waals surface area contributed by atoms with Gasteiger partial charge in [-0.2, -0.15) is 0 Å². The van der Waals surface area contributed by atoms with Crippen molar-refractivity contribution < 1.29 is 8.78 Å². The van der Waals surface area contributed by atoms with E-state index in [4.69, 9.17) is 0 Å². The van der Waals surface area contributed by atoms with Crippen molar-refractivity contribution in [1.29, 1.82) is 0 Å². The van der Waals surface area contributed by atoms with Gasteiger partial charge >= 0.3 is 0 Å². The minimum Gasteiger partial charge on any atom is -0.313 e. The van der Waals surface area contributed by atoms with Crippen molar-refractivity contribution in [3.63, 3.8) is 0 Å². The van der Waals surface area contributed by atoms with Crippen LogP contribution in [0.5, 0.6) is 0 Å². The van der Waals surface area contributed by atoms with Crippen LogP contribution in [-0.4, -0.2) is 31.1 Å². The Morgan fingerprint density at radius 2 is 2.00 bits per heavy atom. The van der Waals surface area contributed by atoms with Gasteiger partial charge in [-0.1, -0.05) is 13.8 Å². The third-order valence-electron chi connectivity index (χ3n) is 2.49. The molecule has 0 fully saturated rings. The average Bonchev–Trinajstić information content (AvgIpc) is 2.23. The Labute approximate surface area is 102 Å². The Kier molecular flexibility index (Phi) is 5.51. The van der Waals surface area contributed by atoms with Gasteiger partial charge in [0.15, 0.2) is 0 Å². The lowest BCUT2D eigenvalue weighted by atomic mass is 10.2. The van der Waals surface area contributed by atoms with Gasteiger partial charge in [0.1, 0.15) is 11.6 Å². The highest BCUT2D eigenvalue weighted by molar-refractivity contribution is 5.18. The molecule has 96 valence electrons.